The molecule has 1 N–H and O–H groups in total. The van der Waals surface area contributed by atoms with Crippen molar-refractivity contribution in [3.63, 3.8) is 0 Å². The van der Waals surface area contributed by atoms with Gasteiger partial charge in [0.1, 0.15) is 11.4 Å². The van der Waals surface area contributed by atoms with Crippen molar-refractivity contribution in [2.24, 2.45) is 0 Å². The zero-order chi connectivity index (χ0) is 30.4. The second-order valence-corrected chi connectivity index (χ2v) is 10.2. The van der Waals surface area contributed by atoms with Crippen LogP contribution in [0.3, 0.4) is 0 Å². The highest BCUT2D eigenvalue weighted by Gasteiger charge is 2.67. The molecule has 2 atom stereocenters. The molecule has 2 unspecified atom stereocenters. The Kier molecular flexibility index (Phi) is 8.89. The molecule has 5 rings (SSSR count). The molecule has 0 radical (unpaired) electrons. The predicted molar refractivity (Wildman–Crippen MR) is 157 cm³/mol. The van der Waals surface area contributed by atoms with E-state index in [4.69, 9.17) is 18.9 Å². The molecule has 0 spiro atoms. The van der Waals surface area contributed by atoms with E-state index < -0.39 is 35.8 Å². The number of carbonyl (C=O) groups is 3. The summed E-state index contributed by atoms with van der Waals surface area (Å²) >= 11 is 0. The number of hydrogen-bond acceptors (Lipinski definition) is 8. The second-order valence-electron chi connectivity index (χ2n) is 10.2. The molecule has 10 heteroatoms. The first-order chi connectivity index (χ1) is 20.8. The van der Waals surface area contributed by atoms with Gasteiger partial charge >= 0.3 is 5.97 Å². The van der Waals surface area contributed by atoms with E-state index >= 15 is 0 Å². The molecule has 2 heterocycles. The Morgan fingerprint density at radius 3 is 2.14 bits per heavy atom. The summed E-state index contributed by atoms with van der Waals surface area (Å²) in [5, 5.41) is 2.61. The summed E-state index contributed by atoms with van der Waals surface area (Å²) in [6, 6.07) is 27.5. The van der Waals surface area contributed by atoms with Crippen molar-refractivity contribution in [2.75, 3.05) is 34.4 Å². The molecule has 222 valence electrons. The van der Waals surface area contributed by atoms with Crippen LogP contribution in [0, 0.1) is 0 Å². The van der Waals surface area contributed by atoms with Crippen molar-refractivity contribution in [3.05, 3.63) is 126 Å². The van der Waals surface area contributed by atoms with Gasteiger partial charge in [0.2, 0.25) is 0 Å². The predicted octanol–water partition coefficient (Wildman–Crippen LogP) is 3.39. The van der Waals surface area contributed by atoms with Crippen LogP contribution in [0.5, 0.6) is 5.75 Å². The fraction of sp³-hybridized carbons (Fsp3) is 0.242. The van der Waals surface area contributed by atoms with Crippen molar-refractivity contribution >= 4 is 17.8 Å². The van der Waals surface area contributed by atoms with Crippen LogP contribution in [-0.4, -0.2) is 74.0 Å². The molecular weight excluding hydrogens is 550 g/mol. The molecular formula is C33H33N3O7. The third-order valence-electron chi connectivity index (χ3n) is 7.02. The summed E-state index contributed by atoms with van der Waals surface area (Å²) in [6.45, 7) is -0.390. The quantitative estimate of drug-likeness (QED) is 0.208. The summed E-state index contributed by atoms with van der Waals surface area (Å²) in [5.74, 6) is -1.49. The van der Waals surface area contributed by atoms with E-state index in [2.05, 4.69) is 5.32 Å². The summed E-state index contributed by atoms with van der Waals surface area (Å²) in [5.41, 5.74) is 0.134. The zero-order valence-electron chi connectivity index (χ0n) is 24.1. The van der Waals surface area contributed by atoms with E-state index in [1.165, 1.54) is 12.0 Å². The number of carbonyl (C=O) groups excluding carboxylic acids is 3. The van der Waals surface area contributed by atoms with Gasteiger partial charge < -0.3 is 29.2 Å². The first kappa shape index (κ1) is 29.6. The van der Waals surface area contributed by atoms with Crippen LogP contribution in [0.1, 0.15) is 17.2 Å². The molecule has 2 amide bonds. The van der Waals surface area contributed by atoms with E-state index in [0.29, 0.717) is 11.3 Å². The van der Waals surface area contributed by atoms with Gasteiger partial charge in [0, 0.05) is 26.8 Å². The molecule has 0 bridgehead atoms. The lowest BCUT2D eigenvalue weighted by molar-refractivity contribution is -0.258. The minimum absolute atomic E-state index is 0.0127. The highest BCUT2D eigenvalue weighted by atomic mass is 16.6. The van der Waals surface area contributed by atoms with Crippen molar-refractivity contribution in [3.8, 4) is 5.75 Å². The third kappa shape index (κ3) is 6.15. The van der Waals surface area contributed by atoms with Gasteiger partial charge in [-0.25, -0.2) is 4.79 Å². The minimum Gasteiger partial charge on any atom is -0.484 e. The molecule has 2 aliphatic heterocycles. The van der Waals surface area contributed by atoms with Gasteiger partial charge in [0.25, 0.3) is 17.5 Å². The summed E-state index contributed by atoms with van der Waals surface area (Å²) in [6.07, 6.45) is 1.59. The van der Waals surface area contributed by atoms with E-state index in [-0.39, 0.29) is 18.9 Å². The van der Waals surface area contributed by atoms with Crippen molar-refractivity contribution < 1.29 is 33.3 Å². The smallest absolute Gasteiger partial charge is 0.356 e. The molecule has 1 fully saturated rings. The summed E-state index contributed by atoms with van der Waals surface area (Å²) in [7, 11) is 4.96. The Morgan fingerprint density at radius 1 is 1.00 bits per heavy atom. The number of nitrogens with zero attached hydrogens (tertiary/aromatic N) is 2. The zero-order valence-corrected chi connectivity index (χ0v) is 24.1. The number of nitrogens with one attached hydrogen (secondary N) is 1. The fourth-order valence-electron chi connectivity index (χ4n) is 4.91. The van der Waals surface area contributed by atoms with E-state index in [9.17, 15) is 14.4 Å². The van der Waals surface area contributed by atoms with Crippen molar-refractivity contribution in [1.29, 1.82) is 0 Å². The summed E-state index contributed by atoms with van der Waals surface area (Å²) in [4.78, 5) is 43.6. The lowest BCUT2D eigenvalue weighted by Crippen LogP contribution is -2.82. The van der Waals surface area contributed by atoms with E-state index in [1.54, 1.807) is 41.4 Å². The van der Waals surface area contributed by atoms with Gasteiger partial charge in [-0.3, -0.25) is 14.5 Å². The van der Waals surface area contributed by atoms with Crippen LogP contribution in [0.2, 0.25) is 0 Å². The number of ether oxygens (including phenoxy) is 4. The van der Waals surface area contributed by atoms with Crippen LogP contribution in [0.4, 0.5) is 0 Å². The van der Waals surface area contributed by atoms with E-state index in [0.717, 1.165) is 11.1 Å². The topological polar surface area (TPSA) is 107 Å². The van der Waals surface area contributed by atoms with Gasteiger partial charge in [-0.15, -0.1) is 0 Å². The molecule has 3 aromatic carbocycles. The van der Waals surface area contributed by atoms with Crippen LogP contribution in [-0.2, 0) is 28.6 Å². The number of rotatable bonds is 11. The van der Waals surface area contributed by atoms with E-state index in [1.807, 2.05) is 80.8 Å². The maximum Gasteiger partial charge on any atom is 0.356 e. The highest BCUT2D eigenvalue weighted by molar-refractivity contribution is 6.04. The number of hydrogen-bond donors (Lipinski definition) is 1. The molecule has 0 aliphatic carbocycles. The highest BCUT2D eigenvalue weighted by Crippen LogP contribution is 2.41. The Hall–Kier alpha value is -4.93. The van der Waals surface area contributed by atoms with Crippen LogP contribution >= 0.6 is 0 Å². The van der Waals surface area contributed by atoms with Gasteiger partial charge in [-0.2, -0.15) is 0 Å². The largest absolute Gasteiger partial charge is 0.484 e. The normalized spacial score (nSPS) is 19.6. The Labute approximate surface area is 250 Å². The van der Waals surface area contributed by atoms with Gasteiger partial charge in [0.15, 0.2) is 18.9 Å². The average Bonchev–Trinajstić information content (AvgIpc) is 3.04. The van der Waals surface area contributed by atoms with Crippen molar-refractivity contribution in [2.45, 2.75) is 18.1 Å². The molecule has 0 aromatic heterocycles. The maximum atomic E-state index is 14.0. The van der Waals surface area contributed by atoms with Crippen LogP contribution < -0.4 is 10.1 Å². The van der Waals surface area contributed by atoms with Gasteiger partial charge in [-0.05, 0) is 35.5 Å². The Morgan fingerprint density at radius 2 is 1.58 bits per heavy atom. The number of fused-ring (bicyclic) bond motifs is 1. The number of β-lactam (4-membered cyclic amide) rings is 1. The maximum absolute atomic E-state index is 14.0. The number of amides is 2. The third-order valence-corrected chi connectivity index (χ3v) is 7.02. The number of para-hydroxylation sites is 1. The van der Waals surface area contributed by atoms with Crippen LogP contribution in [0.25, 0.3) is 0 Å². The molecule has 0 saturated carbocycles. The SMILES string of the molecule is COC1(NC(=O)COc2ccccc2)C(=O)N2C(C(=O)OC(c3ccccc3)c3ccccc3)=C(C=CN(C)C)COC21. The number of benzene rings is 3. The summed E-state index contributed by atoms with van der Waals surface area (Å²) < 4.78 is 23.2. The monoisotopic (exact) mass is 583 g/mol. The van der Waals surface area contributed by atoms with Crippen molar-refractivity contribution in [1.82, 2.24) is 15.1 Å². The molecule has 1 saturated heterocycles. The molecule has 2 aliphatic rings. The van der Waals surface area contributed by atoms with Gasteiger partial charge in [-0.1, -0.05) is 78.9 Å². The first-order valence-electron chi connectivity index (χ1n) is 13.7. The average molecular weight is 584 g/mol. The molecule has 10 nitrogen and oxygen atoms in total. The molecule has 3 aromatic rings. The van der Waals surface area contributed by atoms with Crippen LogP contribution in [0.15, 0.2) is 115 Å². The molecule has 43 heavy (non-hydrogen) atoms. The lowest BCUT2D eigenvalue weighted by Gasteiger charge is -2.55. The van der Waals surface area contributed by atoms with Gasteiger partial charge in [0.05, 0.1) is 6.61 Å². The number of esters is 1. The fourth-order valence-corrected chi connectivity index (χ4v) is 4.91. The lowest BCUT2D eigenvalue weighted by atomic mass is 9.94. The standard InChI is InChI=1S/C33H33N3O7/c1-35(2)20-19-25-21-42-32-33(40-3,34-27(37)22-41-26-17-11-6-12-18-26)31(39)36(32)28(25)30(38)43-29(23-13-7-4-8-14-23)24-15-9-5-10-16-24/h4-20,29,32H,21-22H2,1-3H3,(H,34,37). The minimum atomic E-state index is -1.85. The second kappa shape index (κ2) is 12.9. The first-order valence-corrected chi connectivity index (χ1v) is 13.7. The number of methoxy groups -OCH3 is 1. The Bertz CT molecular complexity index is 1470. The Balaban J connectivity index is 1.42.